The van der Waals surface area contributed by atoms with E-state index >= 15 is 0 Å². The van der Waals surface area contributed by atoms with Crippen molar-refractivity contribution in [1.29, 1.82) is 0 Å². The Hall–Kier alpha value is -0.240. The smallest absolute Gasteiger partial charge is 0.225 e. The molecular weight excluding hydrogens is 222 g/mol. The predicted octanol–water partition coefficient (Wildman–Crippen LogP) is 3.68. The van der Waals surface area contributed by atoms with Crippen molar-refractivity contribution in [1.82, 2.24) is 4.90 Å². The topological polar surface area (TPSA) is 20.3 Å². The number of unbranched alkanes of at least 4 members (excludes halogenated alkanes) is 1. The molecular formula is C13H26ClNO. The third-order valence-corrected chi connectivity index (χ3v) is 3.20. The standard InChI is InChI=1S/C13H26ClNO/c1-5-7-8-12(6-2)13(16)15(4)10-9-11(3)14/h11-12H,5-10H2,1-4H3. The van der Waals surface area contributed by atoms with Gasteiger partial charge in [0, 0.05) is 24.9 Å². The van der Waals surface area contributed by atoms with Gasteiger partial charge in [-0.15, -0.1) is 11.6 Å². The molecule has 0 saturated heterocycles. The number of hydrogen-bond donors (Lipinski definition) is 0. The van der Waals surface area contributed by atoms with Gasteiger partial charge in [-0.3, -0.25) is 4.79 Å². The number of halogens is 1. The van der Waals surface area contributed by atoms with Crippen molar-refractivity contribution in [3.63, 3.8) is 0 Å². The number of alkyl halides is 1. The first kappa shape index (κ1) is 15.8. The molecule has 1 amide bonds. The first-order valence-corrected chi connectivity index (χ1v) is 6.85. The molecule has 0 aliphatic carbocycles. The molecule has 2 atom stereocenters. The molecule has 0 saturated carbocycles. The highest BCUT2D eigenvalue weighted by Crippen LogP contribution is 2.15. The van der Waals surface area contributed by atoms with Crippen LogP contribution in [0.5, 0.6) is 0 Å². The van der Waals surface area contributed by atoms with Crippen LogP contribution in [0.2, 0.25) is 0 Å². The lowest BCUT2D eigenvalue weighted by Gasteiger charge is -2.23. The van der Waals surface area contributed by atoms with E-state index in [4.69, 9.17) is 11.6 Å². The summed E-state index contributed by atoms with van der Waals surface area (Å²) in [6.07, 6.45) is 5.14. The van der Waals surface area contributed by atoms with Crippen LogP contribution in [-0.4, -0.2) is 29.8 Å². The summed E-state index contributed by atoms with van der Waals surface area (Å²) in [6.45, 7) is 6.99. The summed E-state index contributed by atoms with van der Waals surface area (Å²) in [5.41, 5.74) is 0. The summed E-state index contributed by atoms with van der Waals surface area (Å²) >= 11 is 5.89. The Morgan fingerprint density at radius 1 is 1.31 bits per heavy atom. The Morgan fingerprint density at radius 2 is 1.94 bits per heavy atom. The van der Waals surface area contributed by atoms with Crippen molar-refractivity contribution in [2.75, 3.05) is 13.6 Å². The Kier molecular flexibility index (Phi) is 8.73. The molecule has 96 valence electrons. The molecule has 0 bridgehead atoms. The lowest BCUT2D eigenvalue weighted by molar-refractivity contribution is -0.134. The van der Waals surface area contributed by atoms with E-state index in [1.54, 1.807) is 0 Å². The maximum absolute atomic E-state index is 12.1. The van der Waals surface area contributed by atoms with Crippen LogP contribution in [0.15, 0.2) is 0 Å². The maximum Gasteiger partial charge on any atom is 0.225 e. The average molecular weight is 248 g/mol. The Bertz CT molecular complexity index is 194. The zero-order valence-corrected chi connectivity index (χ0v) is 11.9. The third kappa shape index (κ3) is 6.37. The Balaban J connectivity index is 4.05. The molecule has 16 heavy (non-hydrogen) atoms. The van der Waals surface area contributed by atoms with Crippen molar-refractivity contribution in [3.8, 4) is 0 Å². The molecule has 0 aromatic carbocycles. The molecule has 2 unspecified atom stereocenters. The van der Waals surface area contributed by atoms with Crippen molar-refractivity contribution in [3.05, 3.63) is 0 Å². The molecule has 0 spiro atoms. The second-order valence-electron chi connectivity index (χ2n) is 4.58. The summed E-state index contributed by atoms with van der Waals surface area (Å²) in [6, 6.07) is 0. The van der Waals surface area contributed by atoms with Crippen LogP contribution in [0.25, 0.3) is 0 Å². The van der Waals surface area contributed by atoms with Gasteiger partial charge in [0.1, 0.15) is 0 Å². The largest absolute Gasteiger partial charge is 0.345 e. The molecule has 3 heteroatoms. The van der Waals surface area contributed by atoms with Crippen LogP contribution < -0.4 is 0 Å². The van der Waals surface area contributed by atoms with E-state index in [9.17, 15) is 4.79 Å². The number of carbonyl (C=O) groups is 1. The highest BCUT2D eigenvalue weighted by atomic mass is 35.5. The van der Waals surface area contributed by atoms with Gasteiger partial charge in [-0.1, -0.05) is 26.7 Å². The fourth-order valence-corrected chi connectivity index (χ4v) is 1.84. The highest BCUT2D eigenvalue weighted by molar-refractivity contribution is 6.20. The maximum atomic E-state index is 12.1. The van der Waals surface area contributed by atoms with Gasteiger partial charge in [0.15, 0.2) is 0 Å². The summed E-state index contributed by atoms with van der Waals surface area (Å²) in [7, 11) is 1.89. The molecule has 0 N–H and O–H groups in total. The predicted molar refractivity (Wildman–Crippen MR) is 70.9 cm³/mol. The summed E-state index contributed by atoms with van der Waals surface area (Å²) in [5.74, 6) is 0.490. The number of rotatable bonds is 8. The SMILES string of the molecule is CCCCC(CC)C(=O)N(C)CCC(C)Cl. The van der Waals surface area contributed by atoms with E-state index in [0.29, 0.717) is 0 Å². The van der Waals surface area contributed by atoms with E-state index in [0.717, 1.165) is 38.6 Å². The second-order valence-corrected chi connectivity index (χ2v) is 5.32. The van der Waals surface area contributed by atoms with Crippen LogP contribution in [0.1, 0.15) is 52.9 Å². The number of carbonyl (C=O) groups excluding carboxylic acids is 1. The average Bonchev–Trinajstić information content (AvgIpc) is 2.26. The summed E-state index contributed by atoms with van der Waals surface area (Å²) < 4.78 is 0. The molecule has 2 nitrogen and oxygen atoms in total. The van der Waals surface area contributed by atoms with Crippen LogP contribution in [0.3, 0.4) is 0 Å². The third-order valence-electron chi connectivity index (χ3n) is 2.99. The second kappa shape index (κ2) is 8.86. The molecule has 0 rings (SSSR count). The minimum Gasteiger partial charge on any atom is -0.345 e. The first-order valence-electron chi connectivity index (χ1n) is 6.41. The number of hydrogen-bond acceptors (Lipinski definition) is 1. The van der Waals surface area contributed by atoms with E-state index in [-0.39, 0.29) is 17.2 Å². The van der Waals surface area contributed by atoms with Gasteiger partial charge in [-0.2, -0.15) is 0 Å². The molecule has 0 aromatic heterocycles. The minimum absolute atomic E-state index is 0.144. The molecule has 0 fully saturated rings. The van der Waals surface area contributed by atoms with Gasteiger partial charge >= 0.3 is 0 Å². The fraction of sp³-hybridized carbons (Fsp3) is 0.923. The van der Waals surface area contributed by atoms with Gasteiger partial charge in [-0.05, 0) is 26.2 Å². The van der Waals surface area contributed by atoms with Crippen LogP contribution in [0, 0.1) is 5.92 Å². The van der Waals surface area contributed by atoms with Gasteiger partial charge < -0.3 is 4.90 Å². The summed E-state index contributed by atoms with van der Waals surface area (Å²) in [4.78, 5) is 13.9. The molecule has 0 aliphatic rings. The van der Waals surface area contributed by atoms with Crippen molar-refractivity contribution in [2.24, 2.45) is 5.92 Å². The monoisotopic (exact) mass is 247 g/mol. The lowest BCUT2D eigenvalue weighted by atomic mass is 9.98. The van der Waals surface area contributed by atoms with Gasteiger partial charge in [0.2, 0.25) is 5.91 Å². The normalized spacial score (nSPS) is 14.6. The fourth-order valence-electron chi connectivity index (χ4n) is 1.75. The zero-order chi connectivity index (χ0) is 12.6. The van der Waals surface area contributed by atoms with E-state index < -0.39 is 0 Å². The quantitative estimate of drug-likeness (QED) is 0.600. The van der Waals surface area contributed by atoms with Gasteiger partial charge in [0.05, 0.1) is 0 Å². The molecule has 0 heterocycles. The summed E-state index contributed by atoms with van der Waals surface area (Å²) in [5, 5.41) is 0.144. The van der Waals surface area contributed by atoms with Crippen LogP contribution in [0.4, 0.5) is 0 Å². The molecule has 0 radical (unpaired) electrons. The zero-order valence-electron chi connectivity index (χ0n) is 11.1. The number of amides is 1. The van der Waals surface area contributed by atoms with E-state index in [1.807, 2.05) is 18.9 Å². The van der Waals surface area contributed by atoms with Crippen LogP contribution >= 0.6 is 11.6 Å². The lowest BCUT2D eigenvalue weighted by Crippen LogP contribution is -2.34. The molecule has 0 aliphatic heterocycles. The van der Waals surface area contributed by atoms with E-state index in [2.05, 4.69) is 13.8 Å². The Morgan fingerprint density at radius 3 is 2.38 bits per heavy atom. The van der Waals surface area contributed by atoms with Gasteiger partial charge in [0.25, 0.3) is 0 Å². The number of nitrogens with zero attached hydrogens (tertiary/aromatic N) is 1. The highest BCUT2D eigenvalue weighted by Gasteiger charge is 2.19. The van der Waals surface area contributed by atoms with Crippen molar-refractivity contribution >= 4 is 17.5 Å². The Labute approximate surface area is 105 Å². The van der Waals surface area contributed by atoms with Crippen molar-refractivity contribution in [2.45, 2.75) is 58.3 Å². The first-order chi connectivity index (χ1) is 7.52. The van der Waals surface area contributed by atoms with Crippen molar-refractivity contribution < 1.29 is 4.79 Å². The van der Waals surface area contributed by atoms with Gasteiger partial charge in [-0.25, -0.2) is 0 Å². The minimum atomic E-state index is 0.144. The molecule has 0 aromatic rings. The van der Waals surface area contributed by atoms with E-state index in [1.165, 1.54) is 0 Å². The van der Waals surface area contributed by atoms with Crippen LogP contribution in [-0.2, 0) is 4.79 Å².